The van der Waals surface area contributed by atoms with Gasteiger partial charge in [0.25, 0.3) is 5.91 Å². The number of aliphatic imine (C=N–C) groups is 1. The van der Waals surface area contributed by atoms with Gasteiger partial charge in [0.2, 0.25) is 0 Å². The summed E-state index contributed by atoms with van der Waals surface area (Å²) in [4.78, 5) is 33.5. The fourth-order valence-electron chi connectivity index (χ4n) is 4.31. The van der Waals surface area contributed by atoms with Gasteiger partial charge in [0, 0.05) is 42.1 Å². The van der Waals surface area contributed by atoms with Crippen LogP contribution in [0.15, 0.2) is 71.5 Å². The summed E-state index contributed by atoms with van der Waals surface area (Å²) in [6, 6.07) is 13.4. The number of nitrogens with two attached hydrogens (primary N) is 1. The van der Waals surface area contributed by atoms with Crippen LogP contribution in [0.3, 0.4) is 0 Å². The average molecular weight is 565 g/mol. The summed E-state index contributed by atoms with van der Waals surface area (Å²) in [6.45, 7) is 0.736. The number of nitrogens with zero attached hydrogens (tertiary/aromatic N) is 2. The van der Waals surface area contributed by atoms with E-state index in [-0.39, 0.29) is 16.3 Å². The zero-order valence-electron chi connectivity index (χ0n) is 21.9. The van der Waals surface area contributed by atoms with Crippen LogP contribution >= 0.6 is 11.6 Å². The van der Waals surface area contributed by atoms with Gasteiger partial charge in [0.05, 0.1) is 29.4 Å². The van der Waals surface area contributed by atoms with Gasteiger partial charge in [-0.3, -0.25) is 20.1 Å². The normalized spacial score (nSPS) is 15.7. The lowest BCUT2D eigenvalue weighted by molar-refractivity contribution is -0.117. The summed E-state index contributed by atoms with van der Waals surface area (Å²) >= 11 is 5.83. The Morgan fingerprint density at radius 1 is 1.20 bits per heavy atom. The van der Waals surface area contributed by atoms with Crippen LogP contribution in [0.2, 0.25) is 5.02 Å². The Bertz CT molecular complexity index is 1450. The Balaban J connectivity index is 1.60. The molecular formula is C29H30ClFN6O3. The SMILES string of the molecule is COC(=O)Nc1ccc2c(c1)NCCCCCC(NC(=O)C(C=Nc1cccc(Cl)c1F)=CN)c1cc-2ccn1. The van der Waals surface area contributed by atoms with Crippen molar-refractivity contribution in [3.8, 4) is 11.1 Å². The summed E-state index contributed by atoms with van der Waals surface area (Å²) in [5.74, 6) is -1.14. The number of anilines is 2. The number of hydrogen-bond acceptors (Lipinski definition) is 7. The maximum absolute atomic E-state index is 14.2. The fraction of sp³-hybridized carbons (Fsp3) is 0.241. The summed E-state index contributed by atoms with van der Waals surface area (Å²) in [7, 11) is 1.31. The second kappa shape index (κ2) is 13.6. The molecule has 208 valence electrons. The molecule has 11 heteroatoms. The quantitative estimate of drug-likeness (QED) is 0.218. The van der Waals surface area contributed by atoms with Crippen molar-refractivity contribution in [1.82, 2.24) is 10.3 Å². The van der Waals surface area contributed by atoms with Crippen LogP contribution in [-0.2, 0) is 9.53 Å². The minimum absolute atomic E-state index is 0.00255. The molecule has 1 unspecified atom stereocenters. The van der Waals surface area contributed by atoms with Crippen molar-refractivity contribution >= 4 is 46.9 Å². The smallest absolute Gasteiger partial charge is 0.411 e. The van der Waals surface area contributed by atoms with Gasteiger partial charge in [-0.25, -0.2) is 9.18 Å². The Morgan fingerprint density at radius 2 is 2.05 bits per heavy atom. The van der Waals surface area contributed by atoms with Gasteiger partial charge < -0.3 is 21.1 Å². The third-order valence-corrected chi connectivity index (χ3v) is 6.70. The van der Waals surface area contributed by atoms with Crippen LogP contribution in [0.5, 0.6) is 0 Å². The van der Waals surface area contributed by atoms with Crippen molar-refractivity contribution in [3.63, 3.8) is 0 Å². The predicted molar refractivity (Wildman–Crippen MR) is 155 cm³/mol. The van der Waals surface area contributed by atoms with Crippen molar-refractivity contribution in [2.75, 3.05) is 24.3 Å². The number of fused-ring (bicyclic) bond motifs is 4. The first-order valence-electron chi connectivity index (χ1n) is 12.8. The van der Waals surface area contributed by atoms with E-state index in [1.807, 2.05) is 24.3 Å². The molecule has 2 bridgehead atoms. The first-order chi connectivity index (χ1) is 19.4. The van der Waals surface area contributed by atoms with Crippen molar-refractivity contribution in [2.45, 2.75) is 31.7 Å². The number of pyridine rings is 1. The number of methoxy groups -OCH3 is 1. The minimum Gasteiger partial charge on any atom is -0.453 e. The lowest BCUT2D eigenvalue weighted by atomic mass is 9.98. The molecule has 5 N–H and O–H groups in total. The third-order valence-electron chi connectivity index (χ3n) is 6.41. The van der Waals surface area contributed by atoms with Crippen molar-refractivity contribution in [1.29, 1.82) is 0 Å². The second-order valence-electron chi connectivity index (χ2n) is 9.10. The first-order valence-corrected chi connectivity index (χ1v) is 13.2. The highest BCUT2D eigenvalue weighted by Gasteiger charge is 2.20. The Labute approximate surface area is 236 Å². The highest BCUT2D eigenvalue weighted by atomic mass is 35.5. The predicted octanol–water partition coefficient (Wildman–Crippen LogP) is 6.11. The van der Waals surface area contributed by atoms with E-state index in [1.54, 1.807) is 18.3 Å². The van der Waals surface area contributed by atoms with E-state index < -0.39 is 23.9 Å². The number of ether oxygens (including phenoxy) is 1. The van der Waals surface area contributed by atoms with Gasteiger partial charge in [-0.2, -0.15) is 0 Å². The molecule has 0 spiro atoms. The molecular weight excluding hydrogens is 535 g/mol. The molecule has 2 aromatic carbocycles. The van der Waals surface area contributed by atoms with Crippen LogP contribution in [-0.4, -0.2) is 36.9 Å². The van der Waals surface area contributed by atoms with Crippen molar-refractivity contribution < 1.29 is 18.7 Å². The molecule has 3 aromatic rings. The maximum Gasteiger partial charge on any atom is 0.411 e. The zero-order chi connectivity index (χ0) is 28.5. The Hall–Kier alpha value is -4.44. The van der Waals surface area contributed by atoms with Gasteiger partial charge in [0.1, 0.15) is 5.69 Å². The molecule has 2 amide bonds. The zero-order valence-corrected chi connectivity index (χ0v) is 22.7. The topological polar surface area (TPSA) is 131 Å². The number of aromatic nitrogens is 1. The van der Waals surface area contributed by atoms with Gasteiger partial charge in [-0.15, -0.1) is 0 Å². The molecule has 1 aromatic heterocycles. The summed E-state index contributed by atoms with van der Waals surface area (Å²) in [5, 5.41) is 9.11. The summed E-state index contributed by atoms with van der Waals surface area (Å²) < 4.78 is 18.9. The van der Waals surface area contributed by atoms with E-state index in [9.17, 15) is 14.0 Å². The van der Waals surface area contributed by atoms with Gasteiger partial charge in [-0.1, -0.05) is 36.6 Å². The van der Waals surface area contributed by atoms with Gasteiger partial charge in [-0.05, 0) is 54.8 Å². The molecule has 40 heavy (non-hydrogen) atoms. The van der Waals surface area contributed by atoms with Crippen LogP contribution in [0, 0.1) is 5.82 Å². The number of carbonyl (C=O) groups excluding carboxylic acids is 2. The molecule has 1 atom stereocenters. The van der Waals surface area contributed by atoms with E-state index in [4.69, 9.17) is 22.1 Å². The van der Waals surface area contributed by atoms with E-state index in [0.29, 0.717) is 17.8 Å². The Kier molecular flexibility index (Phi) is 9.69. The van der Waals surface area contributed by atoms with E-state index in [0.717, 1.165) is 48.8 Å². The highest BCUT2D eigenvalue weighted by Crippen LogP contribution is 2.33. The largest absolute Gasteiger partial charge is 0.453 e. The average Bonchev–Trinajstić information content (AvgIpc) is 2.96. The Morgan fingerprint density at radius 3 is 2.85 bits per heavy atom. The molecule has 1 aliphatic heterocycles. The molecule has 9 nitrogen and oxygen atoms in total. The van der Waals surface area contributed by atoms with Crippen LogP contribution in [0.4, 0.5) is 26.2 Å². The lowest BCUT2D eigenvalue weighted by Gasteiger charge is -2.21. The number of carbonyl (C=O) groups is 2. The van der Waals surface area contributed by atoms with E-state index in [1.165, 1.54) is 25.5 Å². The second-order valence-corrected chi connectivity index (χ2v) is 9.51. The molecule has 0 radical (unpaired) electrons. The molecule has 2 heterocycles. The molecule has 1 aliphatic rings. The molecule has 0 aliphatic carbocycles. The van der Waals surface area contributed by atoms with Gasteiger partial charge >= 0.3 is 6.09 Å². The number of rotatable bonds is 5. The molecule has 0 saturated heterocycles. The third kappa shape index (κ3) is 7.15. The standard InChI is InChI=1S/C29H30ClFN6O3/c1-40-29(39)36-20-9-10-21-18-11-13-34-26(14-18)23(7-3-2-4-12-33-25(21)15-20)37-28(38)19(16-32)17-35-24-8-5-6-22(30)27(24)31/h5-6,8-11,13-17,23,33H,2-4,7,12,32H2,1H3,(H,36,39)(H,37,38). The van der Waals surface area contributed by atoms with Crippen molar-refractivity contribution in [3.05, 3.63) is 83.0 Å². The van der Waals surface area contributed by atoms with Crippen molar-refractivity contribution in [2.24, 2.45) is 10.7 Å². The number of benzene rings is 2. The number of halogens is 2. The molecule has 4 rings (SSSR count). The first kappa shape index (κ1) is 28.6. The minimum atomic E-state index is -0.680. The fourth-order valence-corrected chi connectivity index (χ4v) is 4.48. The lowest BCUT2D eigenvalue weighted by Crippen LogP contribution is -2.31. The summed E-state index contributed by atoms with van der Waals surface area (Å²) in [5.41, 5.74) is 9.75. The highest BCUT2D eigenvalue weighted by molar-refractivity contribution is 6.31. The monoisotopic (exact) mass is 564 g/mol. The van der Waals surface area contributed by atoms with Crippen LogP contribution in [0.1, 0.15) is 37.4 Å². The summed E-state index contributed by atoms with van der Waals surface area (Å²) in [6.07, 6.45) is 6.82. The van der Waals surface area contributed by atoms with Gasteiger partial charge in [0.15, 0.2) is 5.82 Å². The molecule has 0 saturated carbocycles. The number of nitrogens with one attached hydrogen (secondary N) is 3. The van der Waals surface area contributed by atoms with Crippen LogP contribution < -0.4 is 21.7 Å². The van der Waals surface area contributed by atoms with Crippen LogP contribution in [0.25, 0.3) is 11.1 Å². The van der Waals surface area contributed by atoms with E-state index in [2.05, 4.69) is 25.9 Å². The number of hydrogen-bond donors (Lipinski definition) is 4. The van der Waals surface area contributed by atoms with E-state index >= 15 is 0 Å². The number of amides is 2. The molecule has 0 fully saturated rings. The maximum atomic E-state index is 14.2.